The van der Waals surface area contributed by atoms with Crippen molar-refractivity contribution < 1.29 is 5.11 Å². The maximum atomic E-state index is 10.3. The van der Waals surface area contributed by atoms with Crippen molar-refractivity contribution in [3.8, 4) is 17.0 Å². The third-order valence-corrected chi connectivity index (χ3v) is 4.26. The first-order valence-corrected chi connectivity index (χ1v) is 8.29. The average molecular weight is 350 g/mol. The van der Waals surface area contributed by atoms with Crippen LogP contribution in [-0.4, -0.2) is 14.5 Å². The summed E-state index contributed by atoms with van der Waals surface area (Å²) in [6.07, 6.45) is 1.97. The van der Waals surface area contributed by atoms with Gasteiger partial charge in [0.15, 0.2) is 0 Å². The van der Waals surface area contributed by atoms with Crippen LogP contribution in [0.15, 0.2) is 66.9 Å². The molecule has 2 heterocycles. The minimum Gasteiger partial charge on any atom is -0.507 e. The Morgan fingerprint density at radius 3 is 2.68 bits per heavy atom. The maximum absolute atomic E-state index is 10.3. The molecule has 2 aromatic heterocycles. The van der Waals surface area contributed by atoms with Crippen molar-refractivity contribution >= 4 is 28.8 Å². The molecule has 0 bridgehead atoms. The number of aryl methyl sites for hydroxylation is 1. The first kappa shape index (κ1) is 15.5. The highest BCUT2D eigenvalue weighted by Gasteiger charge is 2.17. The number of nitrogens with zero attached hydrogens (tertiary/aromatic N) is 2. The number of aromatic hydroxyl groups is 1. The van der Waals surface area contributed by atoms with E-state index in [-0.39, 0.29) is 5.75 Å². The molecule has 4 nitrogen and oxygen atoms in total. The quantitative estimate of drug-likeness (QED) is 0.519. The Morgan fingerprint density at radius 1 is 1.04 bits per heavy atom. The SMILES string of the molecule is Cc1ccn2c(Nc3cccc(Cl)c3)c(-c3ccccc3O)nc2c1. The van der Waals surface area contributed by atoms with Gasteiger partial charge in [-0.25, -0.2) is 4.98 Å². The zero-order valence-electron chi connectivity index (χ0n) is 13.6. The molecule has 0 aliphatic rings. The lowest BCUT2D eigenvalue weighted by Crippen LogP contribution is -1.97. The van der Waals surface area contributed by atoms with E-state index in [0.29, 0.717) is 16.3 Å². The summed E-state index contributed by atoms with van der Waals surface area (Å²) in [5.74, 6) is 0.968. The monoisotopic (exact) mass is 349 g/mol. The number of phenolic OH excluding ortho intramolecular Hbond substituents is 1. The molecule has 0 radical (unpaired) electrons. The summed E-state index contributed by atoms with van der Waals surface area (Å²) < 4.78 is 1.97. The molecule has 0 aliphatic carbocycles. The molecule has 0 saturated carbocycles. The predicted octanol–water partition coefficient (Wildman–Crippen LogP) is 5.41. The second-order valence-electron chi connectivity index (χ2n) is 5.89. The van der Waals surface area contributed by atoms with Crippen LogP contribution < -0.4 is 5.32 Å². The molecule has 2 N–H and O–H groups in total. The Labute approximate surface area is 150 Å². The Hall–Kier alpha value is -2.98. The van der Waals surface area contributed by atoms with Crippen LogP contribution in [0.5, 0.6) is 5.75 Å². The van der Waals surface area contributed by atoms with Gasteiger partial charge in [0.2, 0.25) is 0 Å². The first-order valence-electron chi connectivity index (χ1n) is 7.91. The smallest absolute Gasteiger partial charge is 0.143 e. The second kappa shape index (κ2) is 6.15. The predicted molar refractivity (Wildman–Crippen MR) is 102 cm³/mol. The number of para-hydroxylation sites is 1. The molecule has 0 saturated heterocycles. The van der Waals surface area contributed by atoms with Crippen molar-refractivity contribution in [1.29, 1.82) is 0 Å². The van der Waals surface area contributed by atoms with Gasteiger partial charge >= 0.3 is 0 Å². The van der Waals surface area contributed by atoms with Gasteiger partial charge in [-0.3, -0.25) is 4.40 Å². The van der Waals surface area contributed by atoms with Gasteiger partial charge < -0.3 is 10.4 Å². The van der Waals surface area contributed by atoms with Crippen molar-refractivity contribution in [3.05, 3.63) is 77.4 Å². The number of anilines is 2. The van der Waals surface area contributed by atoms with E-state index in [1.54, 1.807) is 12.1 Å². The molecule has 5 heteroatoms. The van der Waals surface area contributed by atoms with E-state index in [4.69, 9.17) is 16.6 Å². The van der Waals surface area contributed by atoms with Crippen molar-refractivity contribution in [2.24, 2.45) is 0 Å². The summed E-state index contributed by atoms with van der Waals surface area (Å²) in [5.41, 5.74) is 4.14. The third-order valence-electron chi connectivity index (χ3n) is 4.03. The van der Waals surface area contributed by atoms with Crippen LogP contribution >= 0.6 is 11.6 Å². The Balaban J connectivity index is 1.94. The zero-order chi connectivity index (χ0) is 17.4. The van der Waals surface area contributed by atoms with Gasteiger partial charge in [0, 0.05) is 22.5 Å². The number of benzene rings is 2. The van der Waals surface area contributed by atoms with E-state index in [2.05, 4.69) is 5.32 Å². The minimum atomic E-state index is 0.191. The lowest BCUT2D eigenvalue weighted by atomic mass is 10.1. The Kier molecular flexibility index (Phi) is 3.82. The van der Waals surface area contributed by atoms with Gasteiger partial charge in [-0.1, -0.05) is 29.8 Å². The van der Waals surface area contributed by atoms with Crippen molar-refractivity contribution in [1.82, 2.24) is 9.38 Å². The summed E-state index contributed by atoms with van der Waals surface area (Å²) in [4.78, 5) is 4.73. The van der Waals surface area contributed by atoms with Crippen molar-refractivity contribution in [3.63, 3.8) is 0 Å². The highest BCUT2D eigenvalue weighted by Crippen LogP contribution is 2.36. The van der Waals surface area contributed by atoms with Crippen molar-refractivity contribution in [2.75, 3.05) is 5.32 Å². The molecule has 0 fully saturated rings. The number of hydrogen-bond acceptors (Lipinski definition) is 3. The molecule has 0 spiro atoms. The number of aromatic nitrogens is 2. The fourth-order valence-electron chi connectivity index (χ4n) is 2.83. The minimum absolute atomic E-state index is 0.191. The van der Waals surface area contributed by atoms with E-state index >= 15 is 0 Å². The van der Waals surface area contributed by atoms with Crippen LogP contribution in [0.1, 0.15) is 5.56 Å². The highest BCUT2D eigenvalue weighted by molar-refractivity contribution is 6.30. The number of phenols is 1. The summed E-state index contributed by atoms with van der Waals surface area (Å²) in [7, 11) is 0. The molecular formula is C20H16ClN3O. The van der Waals surface area contributed by atoms with Crippen LogP contribution in [0, 0.1) is 6.92 Å². The molecule has 124 valence electrons. The van der Waals surface area contributed by atoms with Crippen molar-refractivity contribution in [2.45, 2.75) is 6.92 Å². The molecule has 4 aromatic rings. The highest BCUT2D eigenvalue weighted by atomic mass is 35.5. The van der Waals surface area contributed by atoms with Gasteiger partial charge in [0.1, 0.15) is 22.9 Å². The van der Waals surface area contributed by atoms with Gasteiger partial charge in [0.25, 0.3) is 0 Å². The maximum Gasteiger partial charge on any atom is 0.143 e. The largest absolute Gasteiger partial charge is 0.507 e. The zero-order valence-corrected chi connectivity index (χ0v) is 14.3. The molecule has 4 rings (SSSR count). The Bertz CT molecular complexity index is 1070. The van der Waals surface area contributed by atoms with Gasteiger partial charge in [0.05, 0.1) is 0 Å². The molecule has 0 amide bonds. The lowest BCUT2D eigenvalue weighted by molar-refractivity contribution is 0.477. The lowest BCUT2D eigenvalue weighted by Gasteiger charge is -2.10. The van der Waals surface area contributed by atoms with E-state index in [0.717, 1.165) is 22.7 Å². The summed E-state index contributed by atoms with van der Waals surface area (Å²) >= 11 is 6.10. The first-order chi connectivity index (χ1) is 12.1. The van der Waals surface area contributed by atoms with Crippen LogP contribution in [0.25, 0.3) is 16.9 Å². The van der Waals surface area contributed by atoms with Gasteiger partial charge in [-0.15, -0.1) is 0 Å². The van der Waals surface area contributed by atoms with Crippen LogP contribution in [0.3, 0.4) is 0 Å². The third kappa shape index (κ3) is 2.92. The molecule has 0 atom stereocenters. The van der Waals surface area contributed by atoms with Gasteiger partial charge in [-0.2, -0.15) is 0 Å². The second-order valence-corrected chi connectivity index (χ2v) is 6.33. The summed E-state index contributed by atoms with van der Waals surface area (Å²) in [6.45, 7) is 2.03. The molecule has 0 aliphatic heterocycles. The Morgan fingerprint density at radius 2 is 1.88 bits per heavy atom. The summed E-state index contributed by atoms with van der Waals surface area (Å²) in [5, 5.41) is 14.3. The number of rotatable bonds is 3. The standard InChI is InChI=1S/C20H16ClN3O/c1-13-9-10-24-18(11-13)23-19(16-7-2-3-8-17(16)25)20(24)22-15-6-4-5-14(21)12-15/h2-12,22,25H,1H3. The number of fused-ring (bicyclic) bond motifs is 1. The van der Waals surface area contributed by atoms with E-state index in [1.165, 1.54) is 0 Å². The number of pyridine rings is 1. The normalized spacial score (nSPS) is 11.0. The van der Waals surface area contributed by atoms with E-state index in [1.807, 2.05) is 66.1 Å². The van der Waals surface area contributed by atoms with Crippen LogP contribution in [0.2, 0.25) is 5.02 Å². The number of halogens is 1. The fourth-order valence-corrected chi connectivity index (χ4v) is 3.02. The molecule has 2 aromatic carbocycles. The number of imidazole rings is 1. The molecule has 0 unspecified atom stereocenters. The van der Waals surface area contributed by atoms with Crippen LogP contribution in [-0.2, 0) is 0 Å². The van der Waals surface area contributed by atoms with Crippen LogP contribution in [0.4, 0.5) is 11.5 Å². The van der Waals surface area contributed by atoms with E-state index in [9.17, 15) is 5.11 Å². The summed E-state index contributed by atoms with van der Waals surface area (Å²) in [6, 6.07) is 18.7. The number of nitrogens with one attached hydrogen (secondary N) is 1. The van der Waals surface area contributed by atoms with E-state index < -0.39 is 0 Å². The molecular weight excluding hydrogens is 334 g/mol. The number of hydrogen-bond donors (Lipinski definition) is 2. The molecule has 25 heavy (non-hydrogen) atoms. The fraction of sp³-hybridized carbons (Fsp3) is 0.0500. The average Bonchev–Trinajstić information content (AvgIpc) is 2.93. The van der Waals surface area contributed by atoms with Gasteiger partial charge in [-0.05, 0) is 55.0 Å². The topological polar surface area (TPSA) is 49.6 Å².